The van der Waals surface area contributed by atoms with E-state index in [1.54, 1.807) is 0 Å². The zero-order valence-corrected chi connectivity index (χ0v) is 10.4. The molecule has 1 N–H and O–H groups in total. The van der Waals surface area contributed by atoms with Gasteiger partial charge in [-0.05, 0) is 0 Å². The van der Waals surface area contributed by atoms with Gasteiger partial charge in [-0.2, -0.15) is 15.3 Å². The molecule has 0 amide bonds. The number of nitrogens with zero attached hydrogens (tertiary/aromatic N) is 6. The molecule has 0 saturated heterocycles. The lowest BCUT2D eigenvalue weighted by atomic mass is 10.2. The van der Waals surface area contributed by atoms with E-state index in [0.717, 1.165) is 17.3 Å². The van der Waals surface area contributed by atoms with Gasteiger partial charge < -0.3 is 0 Å². The van der Waals surface area contributed by atoms with Crippen molar-refractivity contribution in [1.82, 2.24) is 30.2 Å². The molecule has 1 aromatic carbocycles. The minimum absolute atomic E-state index is 0.405. The normalized spacial score (nSPS) is 10.3. The minimum Gasteiger partial charge on any atom is -0.242 e. The van der Waals surface area contributed by atoms with Gasteiger partial charge in [-0.25, -0.2) is 5.10 Å². The van der Waals surface area contributed by atoms with Crippen LogP contribution in [-0.2, 0) is 0 Å². The molecule has 8 heteroatoms. The number of aromatic nitrogens is 6. The molecule has 0 unspecified atom stereocenters. The molecule has 2 heterocycles. The fraction of sp³-hybridized carbons (Fsp3) is 0. The maximum atomic E-state index is 8.83. The molecule has 0 saturated carbocycles. The minimum atomic E-state index is 0.405. The third kappa shape index (κ3) is 2.19. The van der Waals surface area contributed by atoms with Crippen LogP contribution in [0.3, 0.4) is 0 Å². The average molecular weight is 269 g/mol. The number of hydrogen-bond acceptors (Lipinski definition) is 6. The number of aromatic amines is 1. The number of thiocyanates is 1. The molecule has 0 aliphatic heterocycles. The van der Waals surface area contributed by atoms with E-state index in [0.29, 0.717) is 16.7 Å². The van der Waals surface area contributed by atoms with Crippen LogP contribution in [0, 0.1) is 10.7 Å². The highest BCUT2D eigenvalue weighted by Crippen LogP contribution is 2.27. The summed E-state index contributed by atoms with van der Waals surface area (Å²) in [6, 6.07) is 9.56. The number of nitrogens with one attached hydrogen (secondary N) is 1. The van der Waals surface area contributed by atoms with E-state index in [1.807, 2.05) is 35.7 Å². The van der Waals surface area contributed by atoms with Gasteiger partial charge in [0, 0.05) is 17.3 Å². The highest BCUT2D eigenvalue weighted by molar-refractivity contribution is 8.03. The first-order chi connectivity index (χ1) is 9.38. The van der Waals surface area contributed by atoms with Crippen molar-refractivity contribution in [2.45, 2.75) is 5.03 Å². The summed E-state index contributed by atoms with van der Waals surface area (Å²) in [6.07, 6.45) is 1.37. The fourth-order valence-electron chi connectivity index (χ4n) is 1.57. The molecule has 0 bridgehead atoms. The lowest BCUT2D eigenvalue weighted by Gasteiger charge is -1.95. The molecule has 0 atom stereocenters. The van der Waals surface area contributed by atoms with Crippen molar-refractivity contribution in [2.75, 3.05) is 0 Å². The Hall–Kier alpha value is -2.66. The van der Waals surface area contributed by atoms with E-state index < -0.39 is 0 Å². The van der Waals surface area contributed by atoms with Gasteiger partial charge in [0.15, 0.2) is 5.03 Å². The Labute approximate surface area is 112 Å². The van der Waals surface area contributed by atoms with Crippen LogP contribution in [0.25, 0.3) is 17.2 Å². The molecule has 0 aliphatic rings. The largest absolute Gasteiger partial charge is 0.264 e. The summed E-state index contributed by atoms with van der Waals surface area (Å²) < 4.78 is 0. The molecule has 0 fully saturated rings. The second-order valence-electron chi connectivity index (χ2n) is 3.51. The van der Waals surface area contributed by atoms with Crippen LogP contribution in [0.2, 0.25) is 0 Å². The highest BCUT2D eigenvalue weighted by Gasteiger charge is 2.15. The lowest BCUT2D eigenvalue weighted by molar-refractivity contribution is 0.694. The van der Waals surface area contributed by atoms with Crippen molar-refractivity contribution in [3.05, 3.63) is 36.7 Å². The Morgan fingerprint density at radius 2 is 2.05 bits per heavy atom. The van der Waals surface area contributed by atoms with E-state index in [2.05, 4.69) is 25.4 Å². The van der Waals surface area contributed by atoms with Gasteiger partial charge in [0.25, 0.3) is 5.95 Å². The quantitative estimate of drug-likeness (QED) is 0.573. The maximum absolute atomic E-state index is 8.83. The molecule has 3 aromatic rings. The van der Waals surface area contributed by atoms with Gasteiger partial charge >= 0.3 is 0 Å². The van der Waals surface area contributed by atoms with Crippen molar-refractivity contribution in [2.24, 2.45) is 0 Å². The summed E-state index contributed by atoms with van der Waals surface area (Å²) in [6.45, 7) is 0. The van der Waals surface area contributed by atoms with Crippen LogP contribution in [0.4, 0.5) is 0 Å². The van der Waals surface area contributed by atoms with Gasteiger partial charge in [0.2, 0.25) is 0 Å². The number of benzene rings is 1. The Morgan fingerprint density at radius 3 is 2.74 bits per heavy atom. The van der Waals surface area contributed by atoms with E-state index in [-0.39, 0.29) is 0 Å². The molecular formula is C11H7N7S. The fourth-order valence-corrected chi connectivity index (χ4v) is 2.03. The molecule has 19 heavy (non-hydrogen) atoms. The SMILES string of the molecule is N#CSc1nn(-c2ncn[nH]2)nc1-c1ccccc1. The Kier molecular flexibility index (Phi) is 2.96. The first kappa shape index (κ1) is 11.4. The molecule has 0 radical (unpaired) electrons. The number of H-pyrrole nitrogens is 1. The van der Waals surface area contributed by atoms with Crippen molar-refractivity contribution >= 4 is 11.8 Å². The summed E-state index contributed by atoms with van der Waals surface area (Å²) >= 11 is 0.964. The van der Waals surface area contributed by atoms with Gasteiger partial charge in [-0.15, -0.1) is 15.0 Å². The van der Waals surface area contributed by atoms with E-state index >= 15 is 0 Å². The van der Waals surface area contributed by atoms with Crippen LogP contribution in [0.15, 0.2) is 41.7 Å². The molecule has 7 nitrogen and oxygen atoms in total. The van der Waals surface area contributed by atoms with Crippen LogP contribution in [0.5, 0.6) is 0 Å². The van der Waals surface area contributed by atoms with Crippen LogP contribution in [-0.4, -0.2) is 30.2 Å². The topological polar surface area (TPSA) is 96.1 Å². The Morgan fingerprint density at radius 1 is 1.21 bits per heavy atom. The van der Waals surface area contributed by atoms with E-state index in [1.165, 1.54) is 11.1 Å². The van der Waals surface area contributed by atoms with Gasteiger partial charge in [0.1, 0.15) is 17.4 Å². The van der Waals surface area contributed by atoms with Crippen LogP contribution in [0.1, 0.15) is 0 Å². The molecule has 0 spiro atoms. The first-order valence-corrected chi connectivity index (χ1v) is 6.14. The standard InChI is InChI=1S/C11H7N7S/c12-6-19-10-9(8-4-2-1-3-5-8)16-18(17-10)11-13-7-14-15-11/h1-5,7H,(H,13,14,15). The summed E-state index contributed by atoms with van der Waals surface area (Å²) in [5, 5.41) is 26.4. The third-order valence-electron chi connectivity index (χ3n) is 2.36. The molecule has 0 aliphatic carbocycles. The van der Waals surface area contributed by atoms with Crippen molar-refractivity contribution in [3.63, 3.8) is 0 Å². The summed E-state index contributed by atoms with van der Waals surface area (Å²) in [5.41, 5.74) is 1.54. The smallest absolute Gasteiger partial charge is 0.242 e. The maximum Gasteiger partial charge on any atom is 0.264 e. The van der Waals surface area contributed by atoms with E-state index in [4.69, 9.17) is 5.26 Å². The van der Waals surface area contributed by atoms with Crippen molar-refractivity contribution in [3.8, 4) is 22.6 Å². The van der Waals surface area contributed by atoms with Gasteiger partial charge in [-0.3, -0.25) is 0 Å². The number of nitriles is 1. The van der Waals surface area contributed by atoms with E-state index in [9.17, 15) is 0 Å². The molecular weight excluding hydrogens is 262 g/mol. The van der Waals surface area contributed by atoms with Crippen LogP contribution < -0.4 is 0 Å². The number of rotatable bonds is 3. The molecule has 3 rings (SSSR count). The van der Waals surface area contributed by atoms with Gasteiger partial charge in [0.05, 0.1) is 0 Å². The van der Waals surface area contributed by atoms with Crippen molar-refractivity contribution < 1.29 is 0 Å². The first-order valence-electron chi connectivity index (χ1n) is 5.33. The second-order valence-corrected chi connectivity index (χ2v) is 4.29. The number of hydrogen-bond donors (Lipinski definition) is 1. The summed E-state index contributed by atoms with van der Waals surface area (Å²) in [4.78, 5) is 5.30. The molecule has 2 aromatic heterocycles. The lowest BCUT2D eigenvalue weighted by Crippen LogP contribution is -2.01. The number of thioether (sulfide) groups is 1. The Bertz CT molecular complexity index is 711. The average Bonchev–Trinajstić information content (AvgIpc) is 3.08. The molecule has 92 valence electrons. The summed E-state index contributed by atoms with van der Waals surface area (Å²) in [5.74, 6) is 0.405. The second kappa shape index (κ2) is 4.91. The van der Waals surface area contributed by atoms with Crippen LogP contribution >= 0.6 is 11.8 Å². The zero-order chi connectivity index (χ0) is 13.1. The predicted octanol–water partition coefficient (Wildman–Crippen LogP) is 1.63. The van der Waals surface area contributed by atoms with Gasteiger partial charge in [-0.1, -0.05) is 30.3 Å². The van der Waals surface area contributed by atoms with Crippen molar-refractivity contribution in [1.29, 1.82) is 5.26 Å². The Balaban J connectivity index is 2.11. The third-order valence-corrected chi connectivity index (χ3v) is 2.92. The predicted molar refractivity (Wildman–Crippen MR) is 68.2 cm³/mol. The summed E-state index contributed by atoms with van der Waals surface area (Å²) in [7, 11) is 0. The monoisotopic (exact) mass is 269 g/mol. The zero-order valence-electron chi connectivity index (χ0n) is 9.56. The highest BCUT2D eigenvalue weighted by atomic mass is 32.2.